The van der Waals surface area contributed by atoms with Crippen LogP contribution in [0, 0.1) is 0 Å². The summed E-state index contributed by atoms with van der Waals surface area (Å²) in [6.07, 6.45) is 1.99. The summed E-state index contributed by atoms with van der Waals surface area (Å²) < 4.78 is 38.4. The molecule has 0 bridgehead atoms. The average molecular weight is 575 g/mol. The summed E-state index contributed by atoms with van der Waals surface area (Å²) in [5.41, 5.74) is 3.10. The highest BCUT2D eigenvalue weighted by molar-refractivity contribution is 5.66. The van der Waals surface area contributed by atoms with Gasteiger partial charge in [-0.1, -0.05) is 110 Å². The van der Waals surface area contributed by atoms with Gasteiger partial charge in [0.1, 0.15) is 18.3 Å². The summed E-state index contributed by atoms with van der Waals surface area (Å²) in [6, 6.07) is 29.9. The molecule has 0 amide bonds. The Bertz CT molecular complexity index is 1180. The van der Waals surface area contributed by atoms with Gasteiger partial charge in [-0.15, -0.1) is 0 Å². The first-order valence-electron chi connectivity index (χ1n) is 15.1. The summed E-state index contributed by atoms with van der Waals surface area (Å²) in [6.45, 7) is 2.76. The Balaban J connectivity index is 1.41. The summed E-state index contributed by atoms with van der Waals surface area (Å²) in [5.74, 6) is -0.422. The molecule has 0 radical (unpaired) electrons. The van der Waals surface area contributed by atoms with Crippen LogP contribution in [-0.2, 0) is 53.0 Å². The quantitative estimate of drug-likeness (QED) is 0.219. The van der Waals surface area contributed by atoms with E-state index in [4.69, 9.17) is 28.4 Å². The van der Waals surface area contributed by atoms with Gasteiger partial charge in [-0.2, -0.15) is 0 Å². The van der Waals surface area contributed by atoms with E-state index in [2.05, 4.69) is 0 Å². The number of hydrogen-bond donors (Lipinski definition) is 0. The SMILES string of the molecule is CC(=O)OC1C(OC2CCCCC2)OC(COCc2ccccc2)C(OCc2ccccc2)C1OCc1ccccc1. The lowest BCUT2D eigenvalue weighted by molar-refractivity contribution is -0.330. The van der Waals surface area contributed by atoms with Crippen LogP contribution in [0.15, 0.2) is 91.0 Å². The van der Waals surface area contributed by atoms with E-state index in [1.165, 1.54) is 13.3 Å². The topological polar surface area (TPSA) is 72.5 Å². The van der Waals surface area contributed by atoms with Gasteiger partial charge >= 0.3 is 5.97 Å². The second-order valence-corrected chi connectivity index (χ2v) is 11.0. The van der Waals surface area contributed by atoms with E-state index in [-0.39, 0.29) is 12.7 Å². The van der Waals surface area contributed by atoms with Crippen LogP contribution < -0.4 is 0 Å². The Kier molecular flexibility index (Phi) is 11.5. The summed E-state index contributed by atoms with van der Waals surface area (Å²) in [7, 11) is 0. The van der Waals surface area contributed by atoms with E-state index >= 15 is 0 Å². The fourth-order valence-corrected chi connectivity index (χ4v) is 5.62. The highest BCUT2D eigenvalue weighted by atomic mass is 16.7. The van der Waals surface area contributed by atoms with Crippen LogP contribution in [0.5, 0.6) is 0 Å². The van der Waals surface area contributed by atoms with Crippen molar-refractivity contribution >= 4 is 5.97 Å². The number of hydrogen-bond acceptors (Lipinski definition) is 7. The van der Waals surface area contributed by atoms with E-state index in [0.29, 0.717) is 19.8 Å². The predicted octanol–water partition coefficient (Wildman–Crippen LogP) is 6.38. The molecule has 224 valence electrons. The molecule has 3 aromatic rings. The Morgan fingerprint density at radius 2 is 1.21 bits per heavy atom. The van der Waals surface area contributed by atoms with Crippen molar-refractivity contribution in [1.29, 1.82) is 0 Å². The van der Waals surface area contributed by atoms with Crippen molar-refractivity contribution in [2.45, 2.75) is 95.7 Å². The predicted molar refractivity (Wildman–Crippen MR) is 158 cm³/mol. The van der Waals surface area contributed by atoms with Crippen molar-refractivity contribution in [3.8, 4) is 0 Å². The highest BCUT2D eigenvalue weighted by Gasteiger charge is 2.50. The fourth-order valence-electron chi connectivity index (χ4n) is 5.62. The lowest BCUT2D eigenvalue weighted by Gasteiger charge is -2.46. The molecule has 2 aliphatic rings. The van der Waals surface area contributed by atoms with Crippen molar-refractivity contribution < 1.29 is 33.2 Å². The molecular weight excluding hydrogens is 532 g/mol. The molecule has 0 N–H and O–H groups in total. The van der Waals surface area contributed by atoms with Gasteiger partial charge in [-0.25, -0.2) is 0 Å². The van der Waals surface area contributed by atoms with Crippen LogP contribution in [0.2, 0.25) is 0 Å². The first kappa shape index (κ1) is 30.4. The van der Waals surface area contributed by atoms with E-state index in [9.17, 15) is 4.79 Å². The minimum Gasteiger partial charge on any atom is -0.454 e. The number of benzene rings is 3. The first-order chi connectivity index (χ1) is 20.7. The summed E-state index contributed by atoms with van der Waals surface area (Å²) in [4.78, 5) is 12.4. The van der Waals surface area contributed by atoms with E-state index < -0.39 is 36.7 Å². The third-order valence-corrected chi connectivity index (χ3v) is 7.74. The smallest absolute Gasteiger partial charge is 0.303 e. The number of esters is 1. The van der Waals surface area contributed by atoms with Gasteiger partial charge in [0.05, 0.1) is 32.5 Å². The zero-order chi connectivity index (χ0) is 29.0. The molecule has 3 aromatic carbocycles. The molecule has 1 aliphatic carbocycles. The van der Waals surface area contributed by atoms with Crippen molar-refractivity contribution in [3.63, 3.8) is 0 Å². The molecule has 5 unspecified atom stereocenters. The molecule has 1 heterocycles. The molecule has 1 saturated carbocycles. The van der Waals surface area contributed by atoms with Crippen LogP contribution in [0.1, 0.15) is 55.7 Å². The van der Waals surface area contributed by atoms with Crippen LogP contribution in [0.25, 0.3) is 0 Å². The van der Waals surface area contributed by atoms with Gasteiger partial charge in [0.2, 0.25) is 0 Å². The number of ether oxygens (including phenoxy) is 6. The lowest BCUT2D eigenvalue weighted by atomic mass is 9.96. The molecule has 2 fully saturated rings. The zero-order valence-electron chi connectivity index (χ0n) is 24.3. The van der Waals surface area contributed by atoms with E-state index in [1.54, 1.807) is 0 Å². The van der Waals surface area contributed by atoms with Gasteiger partial charge in [0.15, 0.2) is 12.4 Å². The van der Waals surface area contributed by atoms with E-state index in [1.807, 2.05) is 91.0 Å². The Morgan fingerprint density at radius 3 is 1.76 bits per heavy atom. The monoisotopic (exact) mass is 574 g/mol. The minimum atomic E-state index is -0.806. The van der Waals surface area contributed by atoms with Crippen molar-refractivity contribution in [1.82, 2.24) is 0 Å². The van der Waals surface area contributed by atoms with Crippen molar-refractivity contribution in [3.05, 3.63) is 108 Å². The second-order valence-electron chi connectivity index (χ2n) is 11.0. The molecule has 5 atom stereocenters. The molecular formula is C35H42O7. The van der Waals surface area contributed by atoms with Gasteiger partial charge in [0.25, 0.3) is 0 Å². The molecule has 7 heteroatoms. The zero-order valence-corrected chi connectivity index (χ0v) is 24.3. The fraction of sp³-hybridized carbons (Fsp3) is 0.457. The van der Waals surface area contributed by atoms with Gasteiger partial charge < -0.3 is 28.4 Å². The molecule has 0 spiro atoms. The third kappa shape index (κ3) is 8.96. The molecule has 1 aliphatic heterocycles. The lowest BCUT2D eigenvalue weighted by Crippen LogP contribution is -2.62. The van der Waals surface area contributed by atoms with Crippen LogP contribution in [-0.4, -0.2) is 49.4 Å². The maximum atomic E-state index is 12.4. The number of rotatable bonds is 13. The van der Waals surface area contributed by atoms with Gasteiger partial charge in [0, 0.05) is 6.92 Å². The Hall–Kier alpha value is -3.07. The second kappa shape index (κ2) is 16.0. The standard InChI is InChI=1S/C35H42O7/c1-26(36)40-34-33(39-24-29-18-10-4-11-19-29)32(38-23-28-16-8-3-9-17-28)31(25-37-22-27-14-6-2-7-15-27)42-35(34)41-30-20-12-5-13-21-30/h2-4,6-11,14-19,30-35H,5,12-13,20-25H2,1H3. The van der Waals surface area contributed by atoms with Crippen LogP contribution >= 0.6 is 0 Å². The maximum absolute atomic E-state index is 12.4. The van der Waals surface area contributed by atoms with Crippen molar-refractivity contribution in [2.24, 2.45) is 0 Å². The first-order valence-corrected chi connectivity index (χ1v) is 15.1. The van der Waals surface area contributed by atoms with Crippen LogP contribution in [0.3, 0.4) is 0 Å². The van der Waals surface area contributed by atoms with Crippen molar-refractivity contribution in [2.75, 3.05) is 6.61 Å². The third-order valence-electron chi connectivity index (χ3n) is 7.74. The van der Waals surface area contributed by atoms with Crippen LogP contribution in [0.4, 0.5) is 0 Å². The number of carbonyl (C=O) groups excluding carboxylic acids is 1. The van der Waals surface area contributed by atoms with Gasteiger partial charge in [-0.3, -0.25) is 4.79 Å². The normalized spacial score (nSPS) is 24.7. The summed E-state index contributed by atoms with van der Waals surface area (Å²) in [5, 5.41) is 0. The Morgan fingerprint density at radius 1 is 0.690 bits per heavy atom. The minimum absolute atomic E-state index is 0.0317. The average Bonchev–Trinajstić information content (AvgIpc) is 3.02. The highest BCUT2D eigenvalue weighted by Crippen LogP contribution is 2.33. The van der Waals surface area contributed by atoms with E-state index in [0.717, 1.165) is 42.4 Å². The molecule has 5 rings (SSSR count). The Labute approximate surface area is 249 Å². The molecule has 1 saturated heterocycles. The largest absolute Gasteiger partial charge is 0.454 e. The number of carbonyl (C=O) groups is 1. The molecule has 0 aromatic heterocycles. The van der Waals surface area contributed by atoms with Gasteiger partial charge in [-0.05, 0) is 29.5 Å². The molecule has 42 heavy (non-hydrogen) atoms. The summed E-state index contributed by atoms with van der Waals surface area (Å²) >= 11 is 0. The molecule has 7 nitrogen and oxygen atoms in total. The maximum Gasteiger partial charge on any atom is 0.303 e.